The number of benzene rings is 1. The van der Waals surface area contributed by atoms with Crippen LogP contribution >= 0.6 is 0 Å². The molecule has 1 aliphatic heterocycles. The molecule has 11 heteroatoms. The highest BCUT2D eigenvalue weighted by Crippen LogP contribution is 2.30. The summed E-state index contributed by atoms with van der Waals surface area (Å²) in [5.74, 6) is -0.806. The fourth-order valence-corrected chi connectivity index (χ4v) is 4.95. The van der Waals surface area contributed by atoms with Crippen LogP contribution in [0.2, 0.25) is 0 Å². The third-order valence-electron chi connectivity index (χ3n) is 7.30. The Kier molecular flexibility index (Phi) is 9.95. The molecule has 0 aliphatic carbocycles. The molecule has 222 valence electrons. The quantitative estimate of drug-likeness (QED) is 0.180. The predicted molar refractivity (Wildman–Crippen MR) is 153 cm³/mol. The summed E-state index contributed by atoms with van der Waals surface area (Å²) in [5.41, 5.74) is 2.80. The number of nitrogens with one attached hydrogen (secondary N) is 1. The molecule has 4 rings (SSSR count). The first kappa shape index (κ1) is 30.7. The number of hydrogen-bond acceptors (Lipinski definition) is 7. The van der Waals surface area contributed by atoms with Crippen molar-refractivity contribution in [1.82, 2.24) is 19.8 Å². The minimum absolute atomic E-state index is 0.149. The first-order valence-corrected chi connectivity index (χ1v) is 13.7. The number of ether oxygens (including phenoxy) is 1. The third-order valence-corrected chi connectivity index (χ3v) is 7.30. The molecule has 0 bridgehead atoms. The van der Waals surface area contributed by atoms with Crippen LogP contribution in [-0.2, 0) is 27.0 Å². The van der Waals surface area contributed by atoms with Gasteiger partial charge in [0.1, 0.15) is 0 Å². The number of halogens is 3. The molecule has 1 N–H and O–H groups in total. The second-order valence-corrected chi connectivity index (χ2v) is 10.5. The molecule has 8 nitrogen and oxygen atoms in total. The highest BCUT2D eigenvalue weighted by atomic mass is 19.4. The van der Waals surface area contributed by atoms with Crippen LogP contribution in [0.1, 0.15) is 48.9 Å². The van der Waals surface area contributed by atoms with E-state index in [0.29, 0.717) is 24.4 Å². The minimum atomic E-state index is -4.49. The Morgan fingerprint density at radius 2 is 1.83 bits per heavy atom. The predicted octanol–water partition coefficient (Wildman–Crippen LogP) is 5.96. The Morgan fingerprint density at radius 1 is 1.12 bits per heavy atom. The Bertz CT molecular complexity index is 1400. The molecule has 3 heterocycles. The molecule has 1 amide bonds. The standard InChI is InChI=1S/C31H34F3N5O3/c1-21(2)38-12-9-27(10-13-38)39(19-24-14-26(18-36-17-24)37-28-8-11-35-16-22(28)3)30(41)29(42-20-40)15-23-4-6-25(7-5-23)31(32,33)34/h4-8,11,14-18,20-21,27H,9-10,12-13,19H2,1-3H3,(H,35,37)/b29-15+. The van der Waals surface area contributed by atoms with Gasteiger partial charge >= 0.3 is 6.18 Å². The Hall–Kier alpha value is -4.25. The second-order valence-electron chi connectivity index (χ2n) is 10.5. The summed E-state index contributed by atoms with van der Waals surface area (Å²) in [6, 6.07) is 8.27. The number of rotatable bonds is 10. The molecule has 42 heavy (non-hydrogen) atoms. The maximum Gasteiger partial charge on any atom is 0.416 e. The smallest absolute Gasteiger partial charge is 0.416 e. The molecule has 1 aromatic carbocycles. The lowest BCUT2D eigenvalue weighted by Gasteiger charge is -2.40. The molecule has 0 radical (unpaired) electrons. The molecule has 3 aromatic rings. The number of anilines is 2. The Labute approximate surface area is 243 Å². The zero-order valence-corrected chi connectivity index (χ0v) is 23.8. The molecule has 0 saturated carbocycles. The van der Waals surface area contributed by atoms with E-state index in [9.17, 15) is 22.8 Å². The van der Waals surface area contributed by atoms with E-state index >= 15 is 0 Å². The van der Waals surface area contributed by atoms with E-state index in [1.165, 1.54) is 18.2 Å². The number of alkyl halides is 3. The van der Waals surface area contributed by atoms with Gasteiger partial charge in [0, 0.05) is 56.0 Å². The van der Waals surface area contributed by atoms with E-state index in [1.807, 2.05) is 19.1 Å². The molecule has 2 aromatic heterocycles. The van der Waals surface area contributed by atoms with Crippen molar-refractivity contribution >= 4 is 29.8 Å². The fourth-order valence-electron chi connectivity index (χ4n) is 4.95. The average Bonchev–Trinajstić information content (AvgIpc) is 2.97. The van der Waals surface area contributed by atoms with E-state index in [1.54, 1.807) is 29.7 Å². The minimum Gasteiger partial charge on any atom is -0.423 e. The van der Waals surface area contributed by atoms with Crippen molar-refractivity contribution < 1.29 is 27.5 Å². The summed E-state index contributed by atoms with van der Waals surface area (Å²) < 4.78 is 44.2. The van der Waals surface area contributed by atoms with E-state index in [0.717, 1.165) is 47.7 Å². The number of pyridine rings is 2. The Morgan fingerprint density at radius 3 is 2.45 bits per heavy atom. The molecule has 0 unspecified atom stereocenters. The number of amides is 1. The van der Waals surface area contributed by atoms with Gasteiger partial charge in [-0.1, -0.05) is 12.1 Å². The van der Waals surface area contributed by atoms with Crippen molar-refractivity contribution in [1.29, 1.82) is 0 Å². The monoisotopic (exact) mass is 581 g/mol. The molecular weight excluding hydrogens is 547 g/mol. The van der Waals surface area contributed by atoms with Gasteiger partial charge < -0.3 is 19.9 Å². The lowest BCUT2D eigenvalue weighted by molar-refractivity contribution is -0.139. The van der Waals surface area contributed by atoms with Crippen molar-refractivity contribution in [2.24, 2.45) is 0 Å². The number of aryl methyl sites for hydroxylation is 1. The maximum absolute atomic E-state index is 13.9. The van der Waals surface area contributed by atoms with E-state index < -0.39 is 17.6 Å². The molecule has 1 fully saturated rings. The van der Waals surface area contributed by atoms with Crippen molar-refractivity contribution in [2.45, 2.75) is 58.4 Å². The first-order chi connectivity index (χ1) is 20.0. The number of carbonyl (C=O) groups is 2. The molecule has 1 saturated heterocycles. The van der Waals surface area contributed by atoms with Crippen LogP contribution in [0.25, 0.3) is 6.08 Å². The van der Waals surface area contributed by atoms with Crippen LogP contribution in [0.15, 0.2) is 66.9 Å². The van der Waals surface area contributed by atoms with Crippen LogP contribution in [0, 0.1) is 6.92 Å². The number of aromatic nitrogens is 2. The van der Waals surface area contributed by atoms with Crippen molar-refractivity contribution in [3.05, 3.63) is 89.2 Å². The SMILES string of the molecule is Cc1cnccc1Nc1cncc(CN(C(=O)/C(=C\c2ccc(C(F)(F)F)cc2)OC=O)C2CCN(C(C)C)CC2)c1. The summed E-state index contributed by atoms with van der Waals surface area (Å²) in [6.07, 6.45) is 5.01. The lowest BCUT2D eigenvalue weighted by atomic mass is 10.0. The summed E-state index contributed by atoms with van der Waals surface area (Å²) in [4.78, 5) is 37.8. The van der Waals surface area contributed by atoms with Gasteiger partial charge in [0.25, 0.3) is 12.4 Å². The van der Waals surface area contributed by atoms with Gasteiger partial charge in [-0.05, 0) is 80.6 Å². The van der Waals surface area contributed by atoms with E-state index in [2.05, 4.69) is 34.0 Å². The van der Waals surface area contributed by atoms with Gasteiger partial charge in [0.15, 0.2) is 5.76 Å². The summed E-state index contributed by atoms with van der Waals surface area (Å²) >= 11 is 0. The van der Waals surface area contributed by atoms with Gasteiger partial charge in [-0.3, -0.25) is 19.6 Å². The van der Waals surface area contributed by atoms with Crippen molar-refractivity contribution in [3.8, 4) is 0 Å². The highest BCUT2D eigenvalue weighted by Gasteiger charge is 2.32. The van der Waals surface area contributed by atoms with E-state index in [4.69, 9.17) is 4.74 Å². The van der Waals surface area contributed by atoms with Gasteiger partial charge in [-0.2, -0.15) is 13.2 Å². The van der Waals surface area contributed by atoms with Crippen LogP contribution in [0.3, 0.4) is 0 Å². The molecular formula is C31H34F3N5O3. The summed E-state index contributed by atoms with van der Waals surface area (Å²) in [5, 5.41) is 3.33. The van der Waals surface area contributed by atoms with Crippen LogP contribution in [0.4, 0.5) is 24.5 Å². The molecule has 0 spiro atoms. The highest BCUT2D eigenvalue weighted by molar-refractivity contribution is 5.97. The van der Waals surface area contributed by atoms with Crippen LogP contribution in [-0.4, -0.2) is 57.3 Å². The number of carbonyl (C=O) groups excluding carboxylic acids is 2. The number of hydrogen-bond donors (Lipinski definition) is 1. The fraction of sp³-hybridized carbons (Fsp3) is 0.355. The first-order valence-electron chi connectivity index (χ1n) is 13.7. The third kappa shape index (κ3) is 7.94. The average molecular weight is 582 g/mol. The Balaban J connectivity index is 1.63. The summed E-state index contributed by atoms with van der Waals surface area (Å²) in [6.45, 7) is 8.11. The largest absolute Gasteiger partial charge is 0.423 e. The molecule has 1 aliphatic rings. The van der Waals surface area contributed by atoms with Crippen molar-refractivity contribution in [2.75, 3.05) is 18.4 Å². The topological polar surface area (TPSA) is 87.7 Å². The number of nitrogens with zero attached hydrogens (tertiary/aromatic N) is 4. The normalized spacial score (nSPS) is 15.0. The lowest BCUT2D eigenvalue weighted by Crippen LogP contribution is -2.49. The number of piperidine rings is 1. The van der Waals surface area contributed by atoms with Crippen molar-refractivity contribution in [3.63, 3.8) is 0 Å². The van der Waals surface area contributed by atoms with Gasteiger partial charge in [-0.15, -0.1) is 0 Å². The maximum atomic E-state index is 13.9. The van der Waals surface area contributed by atoms with Crippen LogP contribution < -0.4 is 5.32 Å². The molecule has 0 atom stereocenters. The van der Waals surface area contributed by atoms with Gasteiger partial charge in [0.2, 0.25) is 0 Å². The summed E-state index contributed by atoms with van der Waals surface area (Å²) in [7, 11) is 0. The number of likely N-dealkylation sites (tertiary alicyclic amines) is 1. The van der Waals surface area contributed by atoms with Gasteiger partial charge in [-0.25, -0.2) is 0 Å². The van der Waals surface area contributed by atoms with Crippen LogP contribution in [0.5, 0.6) is 0 Å². The zero-order chi connectivity index (χ0) is 30.3. The van der Waals surface area contributed by atoms with E-state index in [-0.39, 0.29) is 24.8 Å². The van der Waals surface area contributed by atoms with Gasteiger partial charge in [0.05, 0.1) is 17.4 Å². The second kappa shape index (κ2) is 13.6. The zero-order valence-electron chi connectivity index (χ0n) is 23.8.